The van der Waals surface area contributed by atoms with Crippen molar-refractivity contribution >= 4 is 11.4 Å². The van der Waals surface area contributed by atoms with Gasteiger partial charge in [-0.15, -0.1) is 0 Å². The van der Waals surface area contributed by atoms with Crippen LogP contribution in [0.4, 0.5) is 11.4 Å². The molecule has 0 fully saturated rings. The van der Waals surface area contributed by atoms with Crippen LogP contribution >= 0.6 is 0 Å². The second-order valence-electron chi connectivity index (χ2n) is 4.64. The Morgan fingerprint density at radius 3 is 2.56 bits per heavy atom. The number of hydrogen-bond acceptors (Lipinski definition) is 5. The fraction of sp³-hybridized carbons (Fsp3) is 0.500. The van der Waals surface area contributed by atoms with E-state index in [0.29, 0.717) is 11.4 Å². The van der Waals surface area contributed by atoms with Crippen molar-refractivity contribution in [2.45, 2.75) is 19.4 Å². The van der Waals surface area contributed by atoms with Crippen molar-refractivity contribution in [2.24, 2.45) is 0 Å². The summed E-state index contributed by atoms with van der Waals surface area (Å²) in [5, 5.41) is 20.4. The van der Waals surface area contributed by atoms with E-state index in [2.05, 4.69) is 0 Å². The lowest BCUT2D eigenvalue weighted by atomic mass is 10.0. The van der Waals surface area contributed by atoms with Gasteiger partial charge in [-0.3, -0.25) is 10.1 Å². The summed E-state index contributed by atoms with van der Waals surface area (Å²) in [5.41, 5.74) is -0.183. The molecule has 0 saturated carbocycles. The molecular formula is C12H18N2O4. The molecule has 100 valence electrons. The molecule has 0 aliphatic carbocycles. The molecule has 6 nitrogen and oxygen atoms in total. The summed E-state index contributed by atoms with van der Waals surface area (Å²) in [6, 6.07) is 4.65. The number of hydrogen-bond donors (Lipinski definition) is 1. The van der Waals surface area contributed by atoms with Gasteiger partial charge in [-0.25, -0.2) is 0 Å². The average molecular weight is 254 g/mol. The molecule has 0 aliphatic rings. The third-order valence-corrected chi connectivity index (χ3v) is 3.04. The van der Waals surface area contributed by atoms with Gasteiger partial charge in [-0.2, -0.15) is 0 Å². The van der Waals surface area contributed by atoms with Crippen molar-refractivity contribution < 1.29 is 14.8 Å². The molecule has 0 atom stereocenters. The highest BCUT2D eigenvalue weighted by Gasteiger charge is 2.28. The molecule has 6 heteroatoms. The summed E-state index contributed by atoms with van der Waals surface area (Å²) in [6.45, 7) is 3.51. The molecule has 0 amide bonds. The summed E-state index contributed by atoms with van der Waals surface area (Å²) in [5.74, 6) is 0.431. The Balaban J connectivity index is 3.28. The van der Waals surface area contributed by atoms with Crippen molar-refractivity contribution in [1.29, 1.82) is 0 Å². The highest BCUT2D eigenvalue weighted by atomic mass is 16.6. The van der Waals surface area contributed by atoms with Gasteiger partial charge in [-0.05, 0) is 26.0 Å². The van der Waals surface area contributed by atoms with Gasteiger partial charge in [-0.1, -0.05) is 0 Å². The molecule has 0 aliphatic heterocycles. The van der Waals surface area contributed by atoms with Crippen LogP contribution in [0.1, 0.15) is 13.8 Å². The van der Waals surface area contributed by atoms with Crippen LogP contribution in [0.25, 0.3) is 0 Å². The highest BCUT2D eigenvalue weighted by Crippen LogP contribution is 2.34. The number of methoxy groups -OCH3 is 1. The maximum atomic E-state index is 11.1. The van der Waals surface area contributed by atoms with Crippen LogP contribution in [0.3, 0.4) is 0 Å². The molecule has 0 heterocycles. The van der Waals surface area contributed by atoms with Crippen molar-refractivity contribution in [1.82, 2.24) is 0 Å². The molecule has 0 saturated heterocycles. The predicted octanol–water partition coefficient (Wildman–Crippen LogP) is 1.81. The summed E-state index contributed by atoms with van der Waals surface area (Å²) in [4.78, 5) is 12.3. The third kappa shape index (κ3) is 2.70. The lowest BCUT2D eigenvalue weighted by Gasteiger charge is -2.35. The normalized spacial score (nSPS) is 11.2. The van der Waals surface area contributed by atoms with Gasteiger partial charge in [0.2, 0.25) is 0 Å². The maximum Gasteiger partial charge on any atom is 0.296 e. The van der Waals surface area contributed by atoms with Gasteiger partial charge >= 0.3 is 0 Å². The highest BCUT2D eigenvalue weighted by molar-refractivity contribution is 5.66. The molecule has 0 spiro atoms. The minimum atomic E-state index is -0.584. The number of nitro benzene ring substituents is 1. The zero-order valence-corrected chi connectivity index (χ0v) is 11.0. The number of benzene rings is 1. The zero-order chi connectivity index (χ0) is 13.9. The standard InChI is InChI=1S/C12H18N2O4/c1-12(2,8-15)13(3)10-6-5-9(18-4)7-11(10)14(16)17/h5-7,15H,8H2,1-4H3. The van der Waals surface area contributed by atoms with Gasteiger partial charge in [0, 0.05) is 7.05 Å². The van der Waals surface area contributed by atoms with E-state index in [1.807, 2.05) is 0 Å². The number of nitrogens with zero attached hydrogens (tertiary/aromatic N) is 2. The molecule has 0 unspecified atom stereocenters. The summed E-state index contributed by atoms with van der Waals surface area (Å²) in [7, 11) is 3.17. The minimum Gasteiger partial charge on any atom is -0.496 e. The smallest absolute Gasteiger partial charge is 0.296 e. The van der Waals surface area contributed by atoms with Crippen molar-refractivity contribution in [3.05, 3.63) is 28.3 Å². The maximum absolute atomic E-state index is 11.1. The van der Waals surface area contributed by atoms with Crippen LogP contribution in [-0.2, 0) is 0 Å². The fourth-order valence-corrected chi connectivity index (χ4v) is 1.49. The first-order chi connectivity index (χ1) is 8.33. The van der Waals surface area contributed by atoms with E-state index in [9.17, 15) is 15.2 Å². The van der Waals surface area contributed by atoms with Crippen LogP contribution in [0, 0.1) is 10.1 Å². The molecule has 0 bridgehead atoms. The molecule has 1 aromatic rings. The molecule has 1 N–H and O–H groups in total. The monoisotopic (exact) mass is 254 g/mol. The van der Waals surface area contributed by atoms with Gasteiger partial charge in [0.05, 0.1) is 30.2 Å². The Morgan fingerprint density at radius 2 is 2.11 bits per heavy atom. The largest absolute Gasteiger partial charge is 0.496 e. The first-order valence-corrected chi connectivity index (χ1v) is 5.50. The van der Waals surface area contributed by atoms with Gasteiger partial charge in [0.1, 0.15) is 11.4 Å². The van der Waals surface area contributed by atoms with Crippen molar-refractivity contribution in [2.75, 3.05) is 25.7 Å². The van der Waals surface area contributed by atoms with Crippen LogP contribution < -0.4 is 9.64 Å². The molecule has 0 aromatic heterocycles. The number of likely N-dealkylation sites (N-methyl/N-ethyl adjacent to an activating group) is 1. The molecule has 18 heavy (non-hydrogen) atoms. The van der Waals surface area contributed by atoms with Crippen LogP contribution in [0.15, 0.2) is 18.2 Å². The van der Waals surface area contributed by atoms with E-state index in [1.165, 1.54) is 13.2 Å². The molecule has 1 rings (SSSR count). The molecule has 1 aromatic carbocycles. The van der Waals surface area contributed by atoms with Crippen molar-refractivity contribution in [3.8, 4) is 5.75 Å². The summed E-state index contributed by atoms with van der Waals surface area (Å²) < 4.78 is 4.98. The van der Waals surface area contributed by atoms with Crippen LogP contribution in [-0.4, -0.2) is 36.3 Å². The first-order valence-electron chi connectivity index (χ1n) is 5.50. The van der Waals surface area contributed by atoms with Crippen molar-refractivity contribution in [3.63, 3.8) is 0 Å². The Bertz CT molecular complexity index is 446. The second-order valence-corrected chi connectivity index (χ2v) is 4.64. The summed E-state index contributed by atoms with van der Waals surface area (Å²) >= 11 is 0. The molecule has 0 radical (unpaired) electrons. The Morgan fingerprint density at radius 1 is 1.50 bits per heavy atom. The summed E-state index contributed by atoms with van der Waals surface area (Å²) in [6.07, 6.45) is 0. The topological polar surface area (TPSA) is 75.8 Å². The van der Waals surface area contributed by atoms with Gasteiger partial charge < -0.3 is 14.7 Å². The SMILES string of the molecule is COc1ccc(N(C)C(C)(C)CO)c([N+](=O)[O-])c1. The van der Waals surface area contributed by atoms with E-state index in [-0.39, 0.29) is 12.3 Å². The fourth-order valence-electron chi connectivity index (χ4n) is 1.49. The quantitative estimate of drug-likeness (QED) is 0.640. The Hall–Kier alpha value is -1.82. The Labute approximate surface area is 106 Å². The number of anilines is 1. The lowest BCUT2D eigenvalue weighted by Crippen LogP contribution is -2.44. The minimum absolute atomic E-state index is 0.0432. The van der Waals surface area contributed by atoms with Crippen LogP contribution in [0.5, 0.6) is 5.75 Å². The van der Waals surface area contributed by atoms with E-state index in [1.54, 1.807) is 37.9 Å². The van der Waals surface area contributed by atoms with Gasteiger partial charge in [0.25, 0.3) is 5.69 Å². The predicted molar refractivity (Wildman–Crippen MR) is 69.2 cm³/mol. The van der Waals surface area contributed by atoms with E-state index in [4.69, 9.17) is 4.74 Å². The number of rotatable bonds is 5. The number of ether oxygens (including phenoxy) is 1. The van der Waals surface area contributed by atoms with Crippen LogP contribution in [0.2, 0.25) is 0 Å². The van der Waals surface area contributed by atoms with Gasteiger partial charge in [0.15, 0.2) is 0 Å². The number of nitro groups is 1. The van der Waals surface area contributed by atoms with E-state index < -0.39 is 10.5 Å². The second kappa shape index (κ2) is 5.22. The van der Waals surface area contributed by atoms with E-state index in [0.717, 1.165) is 0 Å². The number of aliphatic hydroxyl groups is 1. The Kier molecular flexibility index (Phi) is 4.13. The third-order valence-electron chi connectivity index (χ3n) is 3.04. The average Bonchev–Trinajstić information content (AvgIpc) is 2.36. The first kappa shape index (κ1) is 14.2. The lowest BCUT2D eigenvalue weighted by molar-refractivity contribution is -0.384. The number of aliphatic hydroxyl groups excluding tert-OH is 1. The van der Waals surface area contributed by atoms with E-state index >= 15 is 0 Å². The molecular weight excluding hydrogens is 236 g/mol. The zero-order valence-electron chi connectivity index (χ0n) is 11.0.